The largest absolute Gasteiger partial charge is 0.480 e. The zero-order valence-corrected chi connectivity index (χ0v) is 8.30. The van der Waals surface area contributed by atoms with E-state index in [4.69, 9.17) is 9.84 Å². The number of ether oxygens (including phenoxy) is 2. The number of carboxylic acids is 1. The first-order chi connectivity index (χ1) is 7.15. The summed E-state index contributed by atoms with van der Waals surface area (Å²) in [5.74, 6) is -0.457. The number of nitrogens with one attached hydrogen (secondary N) is 1. The summed E-state index contributed by atoms with van der Waals surface area (Å²) in [7, 11) is 1.21. The summed E-state index contributed by atoms with van der Waals surface area (Å²) in [6.07, 6.45) is -0.701. The van der Waals surface area contributed by atoms with Crippen molar-refractivity contribution in [2.75, 3.05) is 20.3 Å². The Morgan fingerprint density at radius 2 is 2.07 bits per heavy atom. The van der Waals surface area contributed by atoms with Crippen molar-refractivity contribution in [2.24, 2.45) is 17.8 Å². The fourth-order valence-corrected chi connectivity index (χ4v) is 2.29. The monoisotopic (exact) mass is 215 g/mol. The highest BCUT2D eigenvalue weighted by Gasteiger charge is 2.59. The molecule has 6 heteroatoms. The molecule has 1 saturated carbocycles. The fraction of sp³-hybridized carbons (Fsp3) is 0.778. The van der Waals surface area contributed by atoms with Crippen molar-refractivity contribution in [1.29, 1.82) is 0 Å². The summed E-state index contributed by atoms with van der Waals surface area (Å²) < 4.78 is 9.55. The van der Waals surface area contributed by atoms with Crippen LogP contribution in [0.1, 0.15) is 0 Å². The minimum Gasteiger partial charge on any atom is -0.480 e. The molecular formula is C9H13NO5. The van der Waals surface area contributed by atoms with E-state index in [2.05, 4.69) is 10.1 Å². The van der Waals surface area contributed by atoms with Gasteiger partial charge in [-0.3, -0.25) is 0 Å². The van der Waals surface area contributed by atoms with Crippen molar-refractivity contribution in [3.8, 4) is 0 Å². The molecule has 0 aromatic carbocycles. The van der Waals surface area contributed by atoms with E-state index in [1.807, 2.05) is 0 Å². The lowest BCUT2D eigenvalue weighted by molar-refractivity contribution is -0.140. The number of carbonyl (C=O) groups is 2. The summed E-state index contributed by atoms with van der Waals surface area (Å²) in [6.45, 7) is 1.20. The maximum Gasteiger partial charge on any atom is 0.407 e. The molecule has 1 heterocycles. The number of alkyl carbamates (subject to hydrolysis) is 1. The summed E-state index contributed by atoms with van der Waals surface area (Å²) >= 11 is 0. The van der Waals surface area contributed by atoms with E-state index in [1.165, 1.54) is 7.11 Å². The van der Waals surface area contributed by atoms with Gasteiger partial charge in [-0.15, -0.1) is 0 Å². The first kappa shape index (κ1) is 10.2. The minimum atomic E-state index is -1.01. The van der Waals surface area contributed by atoms with Gasteiger partial charge in [0, 0.05) is 5.92 Å². The van der Waals surface area contributed by atoms with E-state index < -0.39 is 18.1 Å². The van der Waals surface area contributed by atoms with E-state index >= 15 is 0 Å². The van der Waals surface area contributed by atoms with Crippen LogP contribution < -0.4 is 5.32 Å². The zero-order chi connectivity index (χ0) is 11.0. The molecule has 2 fully saturated rings. The average molecular weight is 215 g/mol. The van der Waals surface area contributed by atoms with Gasteiger partial charge in [0.15, 0.2) is 0 Å². The van der Waals surface area contributed by atoms with Crippen LogP contribution in [0.3, 0.4) is 0 Å². The number of hydrogen-bond acceptors (Lipinski definition) is 4. The zero-order valence-electron chi connectivity index (χ0n) is 8.30. The van der Waals surface area contributed by atoms with E-state index in [0.29, 0.717) is 13.2 Å². The van der Waals surface area contributed by atoms with Gasteiger partial charge in [-0.05, 0) is 11.8 Å². The lowest BCUT2D eigenvalue weighted by Crippen LogP contribution is -2.43. The van der Waals surface area contributed by atoms with Crippen LogP contribution in [0.5, 0.6) is 0 Å². The van der Waals surface area contributed by atoms with Crippen molar-refractivity contribution in [2.45, 2.75) is 6.04 Å². The van der Waals surface area contributed by atoms with Crippen molar-refractivity contribution in [3.63, 3.8) is 0 Å². The van der Waals surface area contributed by atoms with Gasteiger partial charge in [-0.2, -0.15) is 0 Å². The number of rotatable bonds is 3. The fourth-order valence-electron chi connectivity index (χ4n) is 2.29. The van der Waals surface area contributed by atoms with Crippen LogP contribution in [-0.4, -0.2) is 43.5 Å². The van der Waals surface area contributed by atoms with Crippen molar-refractivity contribution in [3.05, 3.63) is 0 Å². The Kier molecular flexibility index (Phi) is 2.52. The van der Waals surface area contributed by atoms with Crippen molar-refractivity contribution in [1.82, 2.24) is 5.32 Å². The van der Waals surface area contributed by atoms with Crippen LogP contribution in [0.15, 0.2) is 0 Å². The Hall–Kier alpha value is -1.30. The molecule has 2 rings (SSSR count). The number of carbonyl (C=O) groups excluding carboxylic acids is 1. The second kappa shape index (κ2) is 3.69. The highest BCUT2D eigenvalue weighted by molar-refractivity contribution is 5.80. The number of hydrogen-bond donors (Lipinski definition) is 2. The highest BCUT2D eigenvalue weighted by atomic mass is 16.5. The van der Waals surface area contributed by atoms with Crippen LogP contribution in [0.25, 0.3) is 0 Å². The van der Waals surface area contributed by atoms with Gasteiger partial charge < -0.3 is 19.9 Å². The number of carboxylic acid groups (broad SMARTS) is 1. The first-order valence-electron chi connectivity index (χ1n) is 4.80. The molecule has 1 saturated heterocycles. The number of methoxy groups -OCH3 is 1. The van der Waals surface area contributed by atoms with Crippen LogP contribution >= 0.6 is 0 Å². The van der Waals surface area contributed by atoms with Gasteiger partial charge in [0.1, 0.15) is 6.04 Å². The molecule has 0 radical (unpaired) electrons. The summed E-state index contributed by atoms with van der Waals surface area (Å²) in [5, 5.41) is 11.3. The number of amides is 1. The Labute approximate surface area is 86.5 Å². The van der Waals surface area contributed by atoms with E-state index in [9.17, 15) is 9.59 Å². The van der Waals surface area contributed by atoms with Crippen molar-refractivity contribution >= 4 is 12.1 Å². The van der Waals surface area contributed by atoms with Gasteiger partial charge in [-0.25, -0.2) is 9.59 Å². The van der Waals surface area contributed by atoms with Crippen LogP contribution in [0.4, 0.5) is 4.79 Å². The molecule has 0 unspecified atom stereocenters. The molecule has 0 aromatic heterocycles. The van der Waals surface area contributed by atoms with E-state index in [0.717, 1.165) is 0 Å². The van der Waals surface area contributed by atoms with Crippen LogP contribution in [0.2, 0.25) is 0 Å². The number of fused-ring (bicyclic) bond motifs is 1. The molecule has 0 bridgehead atoms. The molecule has 6 nitrogen and oxygen atoms in total. The standard InChI is InChI=1S/C9H13NO5/c1-14-9(13)10-7(8(11)12)6-4-2-15-3-5(4)6/h4-7H,2-3H2,1H3,(H,10,13)(H,11,12)/t4-,5-,7+/m1/s1. The maximum atomic E-state index is 11.0. The summed E-state index contributed by atoms with van der Waals surface area (Å²) in [5.41, 5.74) is 0. The average Bonchev–Trinajstić information content (AvgIpc) is 2.68. The smallest absolute Gasteiger partial charge is 0.407 e. The molecule has 1 amide bonds. The Balaban J connectivity index is 1.96. The van der Waals surface area contributed by atoms with E-state index in [1.54, 1.807) is 0 Å². The number of aliphatic carboxylic acids is 1. The second-order valence-corrected chi connectivity index (χ2v) is 3.89. The highest BCUT2D eigenvalue weighted by Crippen LogP contribution is 2.52. The topological polar surface area (TPSA) is 84.9 Å². The molecule has 1 aliphatic carbocycles. The third-order valence-electron chi connectivity index (χ3n) is 3.13. The predicted molar refractivity (Wildman–Crippen MR) is 48.3 cm³/mol. The summed E-state index contributed by atoms with van der Waals surface area (Å²) in [6, 6.07) is -0.851. The molecule has 0 spiro atoms. The van der Waals surface area contributed by atoms with Crippen LogP contribution in [0, 0.1) is 17.8 Å². The van der Waals surface area contributed by atoms with Crippen molar-refractivity contribution < 1.29 is 24.2 Å². The molecule has 3 atom stereocenters. The van der Waals surface area contributed by atoms with Gasteiger partial charge in [0.25, 0.3) is 0 Å². The van der Waals surface area contributed by atoms with Gasteiger partial charge in [0.05, 0.1) is 20.3 Å². The Morgan fingerprint density at radius 1 is 1.47 bits per heavy atom. The molecule has 0 aromatic rings. The molecule has 84 valence electrons. The lowest BCUT2D eigenvalue weighted by atomic mass is 10.1. The quantitative estimate of drug-likeness (QED) is 0.674. The third kappa shape index (κ3) is 1.77. The third-order valence-corrected chi connectivity index (χ3v) is 3.13. The SMILES string of the molecule is COC(=O)N[C@H](C(=O)O)C1[C@@H]2COC[C@@H]12. The molecule has 2 aliphatic rings. The lowest BCUT2D eigenvalue weighted by Gasteiger charge is -2.15. The van der Waals surface area contributed by atoms with Gasteiger partial charge in [0.2, 0.25) is 0 Å². The predicted octanol–water partition coefficient (Wildman–Crippen LogP) is -0.312. The first-order valence-corrected chi connectivity index (χ1v) is 4.80. The minimum absolute atomic E-state index is 0.00431. The second-order valence-electron chi connectivity index (χ2n) is 3.89. The van der Waals surface area contributed by atoms with E-state index in [-0.39, 0.29) is 17.8 Å². The Bertz CT molecular complexity index is 282. The normalized spacial score (nSPS) is 34.1. The van der Waals surface area contributed by atoms with Crippen LogP contribution in [-0.2, 0) is 14.3 Å². The molecule has 2 N–H and O–H groups in total. The maximum absolute atomic E-state index is 11.0. The molecule has 1 aliphatic heterocycles. The van der Waals surface area contributed by atoms with Gasteiger partial charge >= 0.3 is 12.1 Å². The molecule has 15 heavy (non-hydrogen) atoms. The molecular weight excluding hydrogens is 202 g/mol. The Morgan fingerprint density at radius 3 is 2.53 bits per heavy atom. The van der Waals surface area contributed by atoms with Gasteiger partial charge in [-0.1, -0.05) is 0 Å². The summed E-state index contributed by atoms with van der Waals surface area (Å²) in [4.78, 5) is 21.9.